The molecule has 0 saturated carbocycles. The monoisotopic (exact) mass is 312 g/mol. The van der Waals surface area contributed by atoms with Crippen molar-refractivity contribution >= 4 is 17.8 Å². The third-order valence-electron chi connectivity index (χ3n) is 3.53. The van der Waals surface area contributed by atoms with Crippen LogP contribution in [0.3, 0.4) is 0 Å². The molecule has 2 aromatic rings. The number of carbonyl (C=O) groups is 1. The minimum absolute atomic E-state index is 0.152. The average molecular weight is 312 g/mol. The molecule has 1 heterocycles. The van der Waals surface area contributed by atoms with Crippen molar-refractivity contribution in [2.45, 2.75) is 12.8 Å². The van der Waals surface area contributed by atoms with Crippen molar-refractivity contribution in [3.63, 3.8) is 0 Å². The highest BCUT2D eigenvalue weighted by Gasteiger charge is 2.20. The van der Waals surface area contributed by atoms with E-state index in [1.54, 1.807) is 36.4 Å². The van der Waals surface area contributed by atoms with Crippen LogP contribution in [-0.2, 0) is 11.2 Å². The van der Waals surface area contributed by atoms with Gasteiger partial charge in [0.25, 0.3) is 5.91 Å². The number of aliphatic imine (C=N–C) groups is 1. The molecule has 1 N–H and O–H groups in total. The third-order valence-corrected chi connectivity index (χ3v) is 3.53. The summed E-state index contributed by atoms with van der Waals surface area (Å²) in [4.78, 5) is 16.1. The van der Waals surface area contributed by atoms with E-state index in [2.05, 4.69) is 10.3 Å². The van der Waals surface area contributed by atoms with Gasteiger partial charge in [-0.25, -0.2) is 13.8 Å². The first-order valence-electron chi connectivity index (χ1n) is 7.22. The van der Waals surface area contributed by atoms with Crippen molar-refractivity contribution in [2.24, 2.45) is 4.99 Å². The Morgan fingerprint density at radius 1 is 0.957 bits per heavy atom. The molecule has 116 valence electrons. The molecule has 0 aromatic heterocycles. The molecule has 5 heteroatoms. The first-order chi connectivity index (χ1) is 11.1. The molecule has 0 atom stereocenters. The fraction of sp³-hybridized carbons (Fsp3) is 0.111. The first-order valence-corrected chi connectivity index (χ1v) is 7.22. The second kappa shape index (κ2) is 6.52. The van der Waals surface area contributed by atoms with E-state index in [1.165, 1.54) is 18.2 Å². The number of hydrogen-bond donors (Lipinski definition) is 1. The number of aryl methyl sites for hydroxylation is 1. The van der Waals surface area contributed by atoms with E-state index < -0.39 is 5.82 Å². The third kappa shape index (κ3) is 3.51. The van der Waals surface area contributed by atoms with E-state index in [1.807, 2.05) is 0 Å². The molecule has 0 unspecified atom stereocenters. The number of amidine groups is 1. The van der Waals surface area contributed by atoms with Crippen molar-refractivity contribution < 1.29 is 13.6 Å². The summed E-state index contributed by atoms with van der Waals surface area (Å²) in [7, 11) is 0. The van der Waals surface area contributed by atoms with Gasteiger partial charge in [0, 0.05) is 12.0 Å². The van der Waals surface area contributed by atoms with Gasteiger partial charge in [0.2, 0.25) is 0 Å². The molecule has 2 aromatic carbocycles. The fourth-order valence-corrected chi connectivity index (χ4v) is 2.33. The molecule has 0 spiro atoms. The summed E-state index contributed by atoms with van der Waals surface area (Å²) in [5.74, 6) is -0.611. The molecular weight excluding hydrogens is 298 g/mol. The van der Waals surface area contributed by atoms with E-state index >= 15 is 0 Å². The molecule has 3 nitrogen and oxygen atoms in total. The van der Waals surface area contributed by atoms with Crippen LogP contribution in [0.5, 0.6) is 0 Å². The Morgan fingerprint density at radius 2 is 1.65 bits per heavy atom. The number of nitrogens with one attached hydrogen (secondary N) is 1. The van der Waals surface area contributed by atoms with Crippen LogP contribution in [0.1, 0.15) is 17.5 Å². The van der Waals surface area contributed by atoms with Crippen LogP contribution in [0.2, 0.25) is 0 Å². The SMILES string of the molecule is O=C1NC(CCc2ccccc2F)=N/C1=C\c1ccccc1F. The lowest BCUT2D eigenvalue weighted by molar-refractivity contribution is -0.115. The second-order valence-electron chi connectivity index (χ2n) is 5.16. The van der Waals surface area contributed by atoms with Gasteiger partial charge >= 0.3 is 0 Å². The number of rotatable bonds is 4. The van der Waals surface area contributed by atoms with Gasteiger partial charge in [0.05, 0.1) is 0 Å². The highest BCUT2D eigenvalue weighted by atomic mass is 19.1. The Morgan fingerprint density at radius 3 is 2.39 bits per heavy atom. The zero-order valence-electron chi connectivity index (χ0n) is 12.2. The highest BCUT2D eigenvalue weighted by Crippen LogP contribution is 2.17. The molecular formula is C18H14F2N2O. The molecule has 3 rings (SSSR count). The van der Waals surface area contributed by atoms with Gasteiger partial charge in [-0.1, -0.05) is 36.4 Å². The van der Waals surface area contributed by atoms with E-state index in [4.69, 9.17) is 0 Å². The Kier molecular flexibility index (Phi) is 4.28. The molecule has 0 fully saturated rings. The van der Waals surface area contributed by atoms with E-state index in [9.17, 15) is 13.6 Å². The van der Waals surface area contributed by atoms with Crippen molar-refractivity contribution in [3.8, 4) is 0 Å². The average Bonchev–Trinajstić information content (AvgIpc) is 2.89. The number of carbonyl (C=O) groups excluding carboxylic acids is 1. The standard InChI is InChI=1S/C18H14F2N2O/c19-14-7-3-1-5-12(14)9-10-17-21-16(18(23)22-17)11-13-6-2-4-8-15(13)20/h1-8,11H,9-10H2,(H,21,22,23)/b16-11-. The van der Waals surface area contributed by atoms with Gasteiger partial charge in [0.15, 0.2) is 0 Å². The molecule has 1 aliphatic heterocycles. The largest absolute Gasteiger partial charge is 0.309 e. The molecule has 1 amide bonds. The summed E-state index contributed by atoms with van der Waals surface area (Å²) in [6.07, 6.45) is 2.24. The Labute approximate surface area is 132 Å². The molecule has 0 radical (unpaired) electrons. The van der Waals surface area contributed by atoms with Gasteiger partial charge in [-0.15, -0.1) is 0 Å². The number of halogens is 2. The molecule has 0 bridgehead atoms. The zero-order chi connectivity index (χ0) is 16.2. The first kappa shape index (κ1) is 15.1. The van der Waals surface area contributed by atoms with Gasteiger partial charge < -0.3 is 5.32 Å². The van der Waals surface area contributed by atoms with Crippen LogP contribution in [0.15, 0.2) is 59.2 Å². The second-order valence-corrected chi connectivity index (χ2v) is 5.16. The van der Waals surface area contributed by atoms with E-state index in [0.29, 0.717) is 29.8 Å². The molecule has 23 heavy (non-hydrogen) atoms. The van der Waals surface area contributed by atoms with Crippen LogP contribution in [0.25, 0.3) is 6.08 Å². The quantitative estimate of drug-likeness (QED) is 0.863. The predicted molar refractivity (Wildman–Crippen MR) is 84.7 cm³/mol. The molecule has 0 saturated heterocycles. The van der Waals surface area contributed by atoms with Gasteiger partial charge in [-0.3, -0.25) is 4.79 Å². The summed E-state index contributed by atoms with van der Waals surface area (Å²) in [6, 6.07) is 12.6. The van der Waals surface area contributed by atoms with Crippen molar-refractivity contribution in [1.82, 2.24) is 5.32 Å². The Bertz CT molecular complexity index is 812. The highest BCUT2D eigenvalue weighted by molar-refractivity contribution is 6.14. The lowest BCUT2D eigenvalue weighted by Gasteiger charge is -2.02. The smallest absolute Gasteiger partial charge is 0.275 e. The summed E-state index contributed by atoms with van der Waals surface area (Å²) in [5.41, 5.74) is 1.02. The zero-order valence-corrected chi connectivity index (χ0v) is 12.2. The Hall–Kier alpha value is -2.82. The maximum absolute atomic E-state index is 13.6. The molecule has 0 aliphatic carbocycles. The lowest BCUT2D eigenvalue weighted by Crippen LogP contribution is -2.24. The number of amides is 1. The summed E-state index contributed by atoms with van der Waals surface area (Å²) >= 11 is 0. The van der Waals surface area contributed by atoms with Crippen LogP contribution in [-0.4, -0.2) is 11.7 Å². The van der Waals surface area contributed by atoms with E-state index in [0.717, 1.165) is 0 Å². The van der Waals surface area contributed by atoms with Gasteiger partial charge in [-0.2, -0.15) is 0 Å². The summed E-state index contributed by atoms with van der Waals surface area (Å²) < 4.78 is 27.2. The minimum atomic E-state index is -0.414. The fourth-order valence-electron chi connectivity index (χ4n) is 2.33. The topological polar surface area (TPSA) is 41.5 Å². The van der Waals surface area contributed by atoms with Crippen LogP contribution in [0, 0.1) is 11.6 Å². The molecule has 1 aliphatic rings. The maximum Gasteiger partial charge on any atom is 0.275 e. The number of nitrogens with zero attached hydrogens (tertiary/aromatic N) is 1. The summed E-state index contributed by atoms with van der Waals surface area (Å²) in [6.45, 7) is 0. The van der Waals surface area contributed by atoms with Gasteiger partial charge in [-0.05, 0) is 30.2 Å². The summed E-state index contributed by atoms with van der Waals surface area (Å²) in [5, 5.41) is 2.63. The minimum Gasteiger partial charge on any atom is -0.309 e. The van der Waals surface area contributed by atoms with Gasteiger partial charge in [0.1, 0.15) is 23.2 Å². The van der Waals surface area contributed by atoms with Crippen molar-refractivity contribution in [2.75, 3.05) is 0 Å². The predicted octanol–water partition coefficient (Wildman–Crippen LogP) is 3.47. The normalized spacial score (nSPS) is 15.7. The van der Waals surface area contributed by atoms with E-state index in [-0.39, 0.29) is 17.4 Å². The number of hydrogen-bond acceptors (Lipinski definition) is 2. The Balaban J connectivity index is 1.74. The van der Waals surface area contributed by atoms with Crippen LogP contribution >= 0.6 is 0 Å². The number of benzene rings is 2. The lowest BCUT2D eigenvalue weighted by atomic mass is 10.1. The van der Waals surface area contributed by atoms with Crippen LogP contribution < -0.4 is 5.32 Å². The van der Waals surface area contributed by atoms with Crippen molar-refractivity contribution in [3.05, 3.63) is 77.0 Å². The van der Waals surface area contributed by atoms with Crippen LogP contribution in [0.4, 0.5) is 8.78 Å². The van der Waals surface area contributed by atoms with Crippen molar-refractivity contribution in [1.29, 1.82) is 0 Å². The maximum atomic E-state index is 13.6.